The number of hydrogen-bond donors (Lipinski definition) is 2. The topological polar surface area (TPSA) is 82.6 Å². The van der Waals surface area contributed by atoms with Crippen molar-refractivity contribution >= 4 is 17.7 Å². The molecule has 0 atom stereocenters. The lowest BCUT2D eigenvalue weighted by molar-refractivity contribution is -0.130. The fourth-order valence-corrected chi connectivity index (χ4v) is 4.27. The Morgan fingerprint density at radius 2 is 1.88 bits per heavy atom. The fraction of sp³-hybridized carbons (Fsp3) is 0.560. The summed E-state index contributed by atoms with van der Waals surface area (Å²) in [5.41, 5.74) is 2.02. The Balaban J connectivity index is 1.25. The number of nitrogens with zero attached hydrogens (tertiary/aromatic N) is 4. The van der Waals surface area contributed by atoms with Crippen molar-refractivity contribution in [1.82, 2.24) is 19.8 Å². The van der Waals surface area contributed by atoms with E-state index in [9.17, 15) is 4.79 Å². The largest absolute Gasteiger partial charge is 0.497 e. The van der Waals surface area contributed by atoms with Crippen molar-refractivity contribution in [2.45, 2.75) is 45.2 Å². The highest BCUT2D eigenvalue weighted by molar-refractivity contribution is 5.80. The van der Waals surface area contributed by atoms with Crippen LogP contribution in [0.3, 0.4) is 0 Å². The van der Waals surface area contributed by atoms with Gasteiger partial charge in [-0.25, -0.2) is 4.98 Å². The molecule has 2 heterocycles. The number of anilines is 2. The second-order valence-corrected chi connectivity index (χ2v) is 9.26. The Kier molecular flexibility index (Phi) is 7.65. The van der Waals surface area contributed by atoms with Crippen LogP contribution in [0.2, 0.25) is 0 Å². The molecule has 1 aliphatic carbocycles. The van der Waals surface area contributed by atoms with Gasteiger partial charge in [0.2, 0.25) is 11.9 Å². The minimum Gasteiger partial charge on any atom is -0.497 e. The molecule has 1 aromatic heterocycles. The van der Waals surface area contributed by atoms with Crippen molar-refractivity contribution in [2.24, 2.45) is 5.92 Å². The zero-order chi connectivity index (χ0) is 23.2. The van der Waals surface area contributed by atoms with Crippen molar-refractivity contribution in [3.8, 4) is 5.75 Å². The molecule has 1 saturated heterocycles. The predicted octanol–water partition coefficient (Wildman–Crippen LogP) is 3.15. The molecule has 33 heavy (non-hydrogen) atoms. The number of carbonyl (C=O) groups is 1. The van der Waals surface area contributed by atoms with Crippen LogP contribution in [0.25, 0.3) is 0 Å². The average molecular weight is 453 g/mol. The summed E-state index contributed by atoms with van der Waals surface area (Å²) >= 11 is 0. The van der Waals surface area contributed by atoms with Gasteiger partial charge < -0.3 is 25.2 Å². The molecule has 178 valence electrons. The van der Waals surface area contributed by atoms with E-state index in [0.29, 0.717) is 24.4 Å². The summed E-state index contributed by atoms with van der Waals surface area (Å²) in [6, 6.07) is 8.19. The molecule has 2 aliphatic rings. The summed E-state index contributed by atoms with van der Waals surface area (Å²) in [6.45, 7) is 6.22. The van der Waals surface area contributed by atoms with Crippen LogP contribution in [0.1, 0.15) is 36.8 Å². The second kappa shape index (κ2) is 10.8. The summed E-state index contributed by atoms with van der Waals surface area (Å²) in [5, 5.41) is 6.47. The van der Waals surface area contributed by atoms with Crippen LogP contribution < -0.4 is 15.4 Å². The van der Waals surface area contributed by atoms with Gasteiger partial charge in [-0.3, -0.25) is 4.79 Å². The zero-order valence-corrected chi connectivity index (χ0v) is 20.0. The maximum absolute atomic E-state index is 12.8. The maximum Gasteiger partial charge on any atom is 0.241 e. The minimum absolute atomic E-state index is 0.0985. The summed E-state index contributed by atoms with van der Waals surface area (Å²) in [6.07, 6.45) is 6.67. The van der Waals surface area contributed by atoms with Crippen LogP contribution in [0, 0.1) is 12.8 Å². The number of ether oxygens (including phenoxy) is 1. The van der Waals surface area contributed by atoms with E-state index in [2.05, 4.69) is 25.5 Å². The number of aryl methyl sites for hydroxylation is 1. The Bertz CT molecular complexity index is 923. The third-order valence-electron chi connectivity index (χ3n) is 6.70. The Labute approximate surface area is 196 Å². The van der Waals surface area contributed by atoms with Crippen molar-refractivity contribution < 1.29 is 9.53 Å². The van der Waals surface area contributed by atoms with Gasteiger partial charge in [-0.05, 0) is 56.2 Å². The molecular formula is C25H36N6O2. The van der Waals surface area contributed by atoms with E-state index in [0.717, 1.165) is 48.7 Å². The molecule has 0 spiro atoms. The lowest BCUT2D eigenvalue weighted by Gasteiger charge is -2.37. The number of likely N-dealkylation sites (tertiary alicyclic amines) is 1. The molecule has 8 nitrogen and oxygen atoms in total. The van der Waals surface area contributed by atoms with E-state index in [1.807, 2.05) is 43.1 Å². The van der Waals surface area contributed by atoms with Gasteiger partial charge in [0.15, 0.2) is 0 Å². The lowest BCUT2D eigenvalue weighted by Crippen LogP contribution is -2.47. The maximum atomic E-state index is 12.8. The minimum atomic E-state index is 0.0985. The van der Waals surface area contributed by atoms with Crippen LogP contribution in [0.15, 0.2) is 30.5 Å². The highest BCUT2D eigenvalue weighted by atomic mass is 16.5. The smallest absolute Gasteiger partial charge is 0.241 e. The van der Waals surface area contributed by atoms with E-state index < -0.39 is 0 Å². The first kappa shape index (κ1) is 23.3. The third kappa shape index (κ3) is 6.57. The molecule has 8 heteroatoms. The van der Waals surface area contributed by atoms with Gasteiger partial charge in [-0.15, -0.1) is 0 Å². The molecule has 1 aliphatic heterocycles. The Hall–Kier alpha value is -2.87. The first-order chi connectivity index (χ1) is 16.0. The number of methoxy groups -OCH3 is 1. The molecule has 2 aromatic rings. The van der Waals surface area contributed by atoms with Crippen LogP contribution in [0.4, 0.5) is 11.8 Å². The number of aromatic nitrogens is 2. The number of likely N-dealkylation sites (N-methyl/N-ethyl adjacent to an activating group) is 1. The molecule has 0 bridgehead atoms. The van der Waals surface area contributed by atoms with E-state index in [-0.39, 0.29) is 12.5 Å². The number of hydrogen-bond acceptors (Lipinski definition) is 7. The van der Waals surface area contributed by atoms with E-state index in [4.69, 9.17) is 4.74 Å². The van der Waals surface area contributed by atoms with E-state index >= 15 is 0 Å². The molecule has 1 saturated carbocycles. The van der Waals surface area contributed by atoms with Gasteiger partial charge in [-0.2, -0.15) is 4.98 Å². The standard InChI is InChI=1S/C25H36N6O2/c1-18-14-27-25(28-15-19-6-8-22(33-3)9-7-19)29-24(18)26-16-23(32)30(2)21-10-12-31(13-11-21)17-20-4-5-20/h6-9,14,20-21H,4-5,10-13,15-17H2,1-3H3,(H2,26,27,28,29). The van der Waals surface area contributed by atoms with Crippen LogP contribution in [-0.4, -0.2) is 72.1 Å². The number of benzene rings is 1. The van der Waals surface area contributed by atoms with Crippen LogP contribution in [-0.2, 0) is 11.3 Å². The Morgan fingerprint density at radius 1 is 1.15 bits per heavy atom. The third-order valence-corrected chi connectivity index (χ3v) is 6.70. The molecule has 4 rings (SSSR count). The molecule has 0 radical (unpaired) electrons. The van der Waals surface area contributed by atoms with Gasteiger partial charge in [0.25, 0.3) is 0 Å². The lowest BCUT2D eigenvalue weighted by atomic mass is 10.0. The van der Waals surface area contributed by atoms with Crippen LogP contribution in [0.5, 0.6) is 5.75 Å². The monoisotopic (exact) mass is 452 g/mol. The predicted molar refractivity (Wildman–Crippen MR) is 131 cm³/mol. The van der Waals surface area contributed by atoms with Gasteiger partial charge in [0.1, 0.15) is 11.6 Å². The Morgan fingerprint density at radius 3 is 2.55 bits per heavy atom. The van der Waals surface area contributed by atoms with E-state index in [1.165, 1.54) is 19.4 Å². The zero-order valence-electron chi connectivity index (χ0n) is 20.0. The molecular weight excluding hydrogens is 416 g/mol. The van der Waals surface area contributed by atoms with E-state index in [1.54, 1.807) is 13.3 Å². The number of nitrogens with one attached hydrogen (secondary N) is 2. The van der Waals surface area contributed by atoms with Crippen molar-refractivity contribution in [1.29, 1.82) is 0 Å². The fourth-order valence-electron chi connectivity index (χ4n) is 4.27. The second-order valence-electron chi connectivity index (χ2n) is 9.26. The SMILES string of the molecule is COc1ccc(CNc2ncc(C)c(NCC(=O)N(C)C3CCN(CC4CC4)CC3)n2)cc1. The summed E-state index contributed by atoms with van der Waals surface area (Å²) in [7, 11) is 3.59. The molecule has 2 fully saturated rings. The van der Waals surface area contributed by atoms with Crippen LogP contribution >= 0.6 is 0 Å². The molecule has 1 aromatic carbocycles. The molecule has 0 unspecified atom stereocenters. The van der Waals surface area contributed by atoms with Crippen molar-refractivity contribution in [3.05, 3.63) is 41.6 Å². The number of carbonyl (C=O) groups excluding carboxylic acids is 1. The number of amides is 1. The summed E-state index contributed by atoms with van der Waals surface area (Å²) < 4.78 is 5.20. The molecule has 1 amide bonds. The van der Waals surface area contributed by atoms with Crippen molar-refractivity contribution in [2.75, 3.05) is 51.0 Å². The first-order valence-electron chi connectivity index (χ1n) is 11.9. The molecule has 2 N–H and O–H groups in total. The number of rotatable bonds is 10. The quantitative estimate of drug-likeness (QED) is 0.573. The first-order valence-corrected chi connectivity index (χ1v) is 11.9. The van der Waals surface area contributed by atoms with Gasteiger partial charge in [-0.1, -0.05) is 12.1 Å². The normalized spacial score (nSPS) is 16.9. The summed E-state index contributed by atoms with van der Waals surface area (Å²) in [5.74, 6) is 3.07. The van der Waals surface area contributed by atoms with Crippen molar-refractivity contribution in [3.63, 3.8) is 0 Å². The van der Waals surface area contributed by atoms with Gasteiger partial charge >= 0.3 is 0 Å². The average Bonchev–Trinajstić information content (AvgIpc) is 3.67. The summed E-state index contributed by atoms with van der Waals surface area (Å²) in [4.78, 5) is 26.2. The van der Waals surface area contributed by atoms with Gasteiger partial charge in [0, 0.05) is 51.0 Å². The highest BCUT2D eigenvalue weighted by Crippen LogP contribution is 2.30. The highest BCUT2D eigenvalue weighted by Gasteiger charge is 2.29. The number of piperidine rings is 1. The van der Waals surface area contributed by atoms with Gasteiger partial charge in [0.05, 0.1) is 13.7 Å².